The summed E-state index contributed by atoms with van der Waals surface area (Å²) in [6, 6.07) is 5.73. The number of alkyl halides is 1. The Labute approximate surface area is 119 Å². The molecule has 0 saturated heterocycles. The van der Waals surface area contributed by atoms with Crippen LogP contribution in [0.5, 0.6) is 0 Å². The number of halogens is 5. The lowest BCUT2D eigenvalue weighted by atomic mass is 10.0. The zero-order valence-corrected chi connectivity index (χ0v) is 11.3. The fourth-order valence-corrected chi connectivity index (χ4v) is 2.26. The van der Waals surface area contributed by atoms with Crippen molar-refractivity contribution in [2.75, 3.05) is 0 Å². The molecule has 0 aliphatic heterocycles. The molecule has 0 aliphatic rings. The normalized spacial score (nSPS) is 12.5. The van der Waals surface area contributed by atoms with E-state index in [0.717, 1.165) is 12.1 Å². The first-order chi connectivity index (χ1) is 9.40. The van der Waals surface area contributed by atoms with E-state index in [9.17, 15) is 17.6 Å². The van der Waals surface area contributed by atoms with E-state index in [1.54, 1.807) is 0 Å². The van der Waals surface area contributed by atoms with Gasteiger partial charge >= 0.3 is 0 Å². The molecule has 0 N–H and O–H groups in total. The summed E-state index contributed by atoms with van der Waals surface area (Å²) < 4.78 is 53.5. The van der Waals surface area contributed by atoms with Crippen LogP contribution >= 0.6 is 11.6 Å². The van der Waals surface area contributed by atoms with Crippen LogP contribution < -0.4 is 0 Å². The summed E-state index contributed by atoms with van der Waals surface area (Å²) in [7, 11) is 0. The molecule has 0 nitrogen and oxygen atoms in total. The van der Waals surface area contributed by atoms with Crippen LogP contribution in [-0.4, -0.2) is 0 Å². The van der Waals surface area contributed by atoms with Crippen molar-refractivity contribution >= 4 is 11.6 Å². The minimum absolute atomic E-state index is 0.0476. The van der Waals surface area contributed by atoms with Crippen molar-refractivity contribution in [1.82, 2.24) is 0 Å². The summed E-state index contributed by atoms with van der Waals surface area (Å²) in [6.45, 7) is 1.48. The van der Waals surface area contributed by atoms with Gasteiger partial charge in [0, 0.05) is 11.6 Å². The van der Waals surface area contributed by atoms with E-state index in [1.165, 1.54) is 25.1 Å². The standard InChI is InChI=1S/C15H11ClF4/c1-8-5-10(14(19)7-13(8)18)11(16)6-9-3-2-4-12(17)15(9)20/h2-5,7,11H,6H2,1H3. The Balaban J connectivity index is 2.31. The topological polar surface area (TPSA) is 0 Å². The molecular formula is C15H11ClF4. The maximum Gasteiger partial charge on any atom is 0.162 e. The molecule has 0 aromatic heterocycles. The van der Waals surface area contributed by atoms with E-state index in [0.29, 0.717) is 0 Å². The van der Waals surface area contributed by atoms with Gasteiger partial charge in [-0.1, -0.05) is 12.1 Å². The molecule has 0 amide bonds. The quantitative estimate of drug-likeness (QED) is 0.548. The molecule has 20 heavy (non-hydrogen) atoms. The van der Waals surface area contributed by atoms with Gasteiger partial charge in [-0.2, -0.15) is 0 Å². The maximum absolute atomic E-state index is 13.7. The summed E-state index contributed by atoms with van der Waals surface area (Å²) in [5.41, 5.74) is 0.354. The lowest BCUT2D eigenvalue weighted by Crippen LogP contribution is -2.03. The molecule has 0 bridgehead atoms. The van der Waals surface area contributed by atoms with E-state index in [2.05, 4.69) is 0 Å². The lowest BCUT2D eigenvalue weighted by Gasteiger charge is -2.13. The molecule has 0 spiro atoms. The van der Waals surface area contributed by atoms with Crippen molar-refractivity contribution in [3.8, 4) is 0 Å². The van der Waals surface area contributed by atoms with Gasteiger partial charge in [0.2, 0.25) is 0 Å². The van der Waals surface area contributed by atoms with Crippen LogP contribution in [0.15, 0.2) is 30.3 Å². The van der Waals surface area contributed by atoms with Gasteiger partial charge in [-0.25, -0.2) is 17.6 Å². The highest BCUT2D eigenvalue weighted by Gasteiger charge is 2.18. The predicted octanol–water partition coefficient (Wildman–Crippen LogP) is 5.07. The Bertz CT molecular complexity index is 640. The van der Waals surface area contributed by atoms with Gasteiger partial charge < -0.3 is 0 Å². The Kier molecular flexibility index (Phi) is 4.33. The Morgan fingerprint density at radius 3 is 2.40 bits per heavy atom. The summed E-state index contributed by atoms with van der Waals surface area (Å²) in [4.78, 5) is 0. The van der Waals surface area contributed by atoms with Crippen LogP contribution in [-0.2, 0) is 6.42 Å². The van der Waals surface area contributed by atoms with E-state index in [-0.39, 0.29) is 23.1 Å². The minimum Gasteiger partial charge on any atom is -0.207 e. The zero-order chi connectivity index (χ0) is 14.9. The average Bonchev–Trinajstić information content (AvgIpc) is 2.39. The molecule has 0 radical (unpaired) electrons. The number of aryl methyl sites for hydroxylation is 1. The molecule has 1 unspecified atom stereocenters. The second kappa shape index (κ2) is 5.83. The van der Waals surface area contributed by atoms with E-state index < -0.39 is 28.6 Å². The Morgan fingerprint density at radius 1 is 1.00 bits per heavy atom. The van der Waals surface area contributed by atoms with Gasteiger partial charge in [-0.15, -0.1) is 11.6 Å². The third-order valence-electron chi connectivity index (χ3n) is 3.05. The highest BCUT2D eigenvalue weighted by atomic mass is 35.5. The molecule has 0 aliphatic carbocycles. The van der Waals surface area contributed by atoms with Crippen LogP contribution in [0.1, 0.15) is 22.1 Å². The highest BCUT2D eigenvalue weighted by molar-refractivity contribution is 6.21. The van der Waals surface area contributed by atoms with Gasteiger partial charge in [0.05, 0.1) is 5.38 Å². The van der Waals surface area contributed by atoms with Gasteiger partial charge in [0.25, 0.3) is 0 Å². The first-order valence-electron chi connectivity index (χ1n) is 5.92. The molecule has 0 heterocycles. The Hall–Kier alpha value is -1.55. The smallest absolute Gasteiger partial charge is 0.162 e. The largest absolute Gasteiger partial charge is 0.207 e. The fourth-order valence-electron chi connectivity index (χ4n) is 1.93. The monoisotopic (exact) mass is 302 g/mol. The average molecular weight is 303 g/mol. The summed E-state index contributed by atoms with van der Waals surface area (Å²) >= 11 is 6.04. The van der Waals surface area contributed by atoms with Gasteiger partial charge in [-0.3, -0.25) is 0 Å². The number of hydrogen-bond donors (Lipinski definition) is 0. The SMILES string of the molecule is Cc1cc(C(Cl)Cc2cccc(F)c2F)c(F)cc1F. The third kappa shape index (κ3) is 2.96. The molecule has 2 rings (SSSR count). The van der Waals surface area contributed by atoms with Crippen LogP contribution in [0.3, 0.4) is 0 Å². The number of benzene rings is 2. The predicted molar refractivity (Wildman–Crippen MR) is 69.8 cm³/mol. The van der Waals surface area contributed by atoms with Crippen LogP contribution in [0.4, 0.5) is 17.6 Å². The van der Waals surface area contributed by atoms with Crippen LogP contribution in [0, 0.1) is 30.2 Å². The molecule has 2 aromatic carbocycles. The third-order valence-corrected chi connectivity index (χ3v) is 3.44. The molecule has 0 fully saturated rings. The highest BCUT2D eigenvalue weighted by Crippen LogP contribution is 2.30. The van der Waals surface area contributed by atoms with E-state index in [4.69, 9.17) is 11.6 Å². The molecular weight excluding hydrogens is 292 g/mol. The minimum atomic E-state index is -1.00. The van der Waals surface area contributed by atoms with Crippen LogP contribution in [0.25, 0.3) is 0 Å². The Morgan fingerprint density at radius 2 is 1.70 bits per heavy atom. The zero-order valence-electron chi connectivity index (χ0n) is 10.6. The summed E-state index contributed by atoms with van der Waals surface area (Å²) in [6.07, 6.45) is -0.0901. The van der Waals surface area contributed by atoms with Crippen molar-refractivity contribution in [3.63, 3.8) is 0 Å². The molecule has 5 heteroatoms. The molecule has 106 valence electrons. The van der Waals surface area contributed by atoms with Crippen molar-refractivity contribution in [2.45, 2.75) is 18.7 Å². The molecule has 0 saturated carbocycles. The van der Waals surface area contributed by atoms with Crippen molar-refractivity contribution in [2.24, 2.45) is 0 Å². The number of hydrogen-bond acceptors (Lipinski definition) is 0. The van der Waals surface area contributed by atoms with Gasteiger partial charge in [0.15, 0.2) is 11.6 Å². The maximum atomic E-state index is 13.7. The fraction of sp³-hybridized carbons (Fsp3) is 0.200. The van der Waals surface area contributed by atoms with Crippen molar-refractivity contribution in [1.29, 1.82) is 0 Å². The molecule has 1 atom stereocenters. The van der Waals surface area contributed by atoms with Crippen molar-refractivity contribution < 1.29 is 17.6 Å². The summed E-state index contributed by atoms with van der Waals surface area (Å²) in [5, 5.41) is -0.911. The van der Waals surface area contributed by atoms with E-state index in [1.807, 2.05) is 0 Å². The van der Waals surface area contributed by atoms with Crippen LogP contribution in [0.2, 0.25) is 0 Å². The number of rotatable bonds is 3. The molecule has 2 aromatic rings. The first-order valence-corrected chi connectivity index (χ1v) is 6.36. The lowest BCUT2D eigenvalue weighted by molar-refractivity contribution is 0.497. The second-order valence-corrected chi connectivity index (χ2v) is 5.03. The van der Waals surface area contributed by atoms with Gasteiger partial charge in [0.1, 0.15) is 11.6 Å². The van der Waals surface area contributed by atoms with E-state index >= 15 is 0 Å². The van der Waals surface area contributed by atoms with Crippen molar-refractivity contribution in [3.05, 3.63) is 70.3 Å². The van der Waals surface area contributed by atoms with Gasteiger partial charge in [-0.05, 0) is 36.6 Å². The summed E-state index contributed by atoms with van der Waals surface area (Å²) in [5.74, 6) is -3.46. The first kappa shape index (κ1) is 14.9. The second-order valence-electron chi connectivity index (χ2n) is 4.51.